The minimum absolute atomic E-state index is 0.151. The van der Waals surface area contributed by atoms with E-state index in [2.05, 4.69) is 18.8 Å². The van der Waals surface area contributed by atoms with Crippen LogP contribution in [0.2, 0.25) is 5.02 Å². The third kappa shape index (κ3) is 4.81. The molecule has 0 saturated heterocycles. The summed E-state index contributed by atoms with van der Waals surface area (Å²) in [6.45, 7) is 5.47. The zero-order valence-electron chi connectivity index (χ0n) is 18.5. The van der Waals surface area contributed by atoms with Crippen molar-refractivity contribution in [2.75, 3.05) is 6.54 Å². The van der Waals surface area contributed by atoms with Gasteiger partial charge in [0, 0.05) is 36.5 Å². The Labute approximate surface area is 190 Å². The van der Waals surface area contributed by atoms with Crippen molar-refractivity contribution in [1.82, 2.24) is 14.5 Å². The van der Waals surface area contributed by atoms with E-state index >= 15 is 0 Å². The Kier molecular flexibility index (Phi) is 7.25. The van der Waals surface area contributed by atoms with Gasteiger partial charge in [-0.25, -0.2) is 0 Å². The molecule has 0 saturated carbocycles. The zero-order valence-corrected chi connectivity index (χ0v) is 19.3. The van der Waals surface area contributed by atoms with Crippen molar-refractivity contribution in [3.05, 3.63) is 56.7 Å². The molecule has 1 aliphatic heterocycles. The van der Waals surface area contributed by atoms with Gasteiger partial charge in [0.15, 0.2) is 0 Å². The van der Waals surface area contributed by atoms with Crippen LogP contribution in [0.4, 0.5) is 13.2 Å². The van der Waals surface area contributed by atoms with E-state index in [-0.39, 0.29) is 30.7 Å². The van der Waals surface area contributed by atoms with Gasteiger partial charge in [-0.05, 0) is 37.5 Å². The first-order valence-electron chi connectivity index (χ1n) is 10.9. The zero-order chi connectivity index (χ0) is 23.7. The van der Waals surface area contributed by atoms with Crippen molar-refractivity contribution in [2.24, 2.45) is 0 Å². The highest BCUT2D eigenvalue weighted by Gasteiger charge is 2.42. The molecule has 3 rings (SSSR count). The van der Waals surface area contributed by atoms with E-state index in [1.54, 1.807) is 4.57 Å². The normalized spacial score (nSPS) is 17.6. The molecule has 0 bridgehead atoms. The predicted octanol–water partition coefficient (Wildman–Crippen LogP) is 5.06. The molecule has 1 N–H and O–H groups in total. The van der Waals surface area contributed by atoms with Crippen LogP contribution in [0.15, 0.2) is 29.1 Å². The van der Waals surface area contributed by atoms with Gasteiger partial charge >= 0.3 is 11.7 Å². The molecule has 1 aromatic heterocycles. The van der Waals surface area contributed by atoms with Crippen LogP contribution in [0.25, 0.3) is 0 Å². The highest BCUT2D eigenvalue weighted by Crippen LogP contribution is 2.38. The van der Waals surface area contributed by atoms with E-state index in [1.165, 1.54) is 4.90 Å². The van der Waals surface area contributed by atoms with Crippen molar-refractivity contribution < 1.29 is 18.3 Å². The fourth-order valence-electron chi connectivity index (χ4n) is 4.66. The molecule has 0 radical (unpaired) electrons. The van der Waals surface area contributed by atoms with Crippen LogP contribution in [0.1, 0.15) is 57.1 Å². The molecular formula is C23H29ClF3N3O2. The maximum atomic E-state index is 13.2. The van der Waals surface area contributed by atoms with Crippen molar-refractivity contribution in [3.8, 4) is 5.75 Å². The van der Waals surface area contributed by atoms with Gasteiger partial charge in [0.2, 0.25) is 5.75 Å². The molecule has 2 heterocycles. The summed E-state index contributed by atoms with van der Waals surface area (Å²) in [5, 5.41) is 11.0. The topological polar surface area (TPSA) is 58.4 Å². The molecule has 9 heteroatoms. The van der Waals surface area contributed by atoms with Crippen LogP contribution in [0.5, 0.6) is 5.75 Å². The van der Waals surface area contributed by atoms with Gasteiger partial charge in [-0.1, -0.05) is 44.0 Å². The van der Waals surface area contributed by atoms with E-state index in [1.807, 2.05) is 24.3 Å². The van der Waals surface area contributed by atoms with Crippen LogP contribution in [-0.2, 0) is 24.9 Å². The van der Waals surface area contributed by atoms with Crippen molar-refractivity contribution in [3.63, 3.8) is 0 Å². The summed E-state index contributed by atoms with van der Waals surface area (Å²) in [5.74, 6) is -0.0794. The van der Waals surface area contributed by atoms with Crippen LogP contribution < -0.4 is 5.56 Å². The fourth-order valence-corrected chi connectivity index (χ4v) is 4.79. The van der Waals surface area contributed by atoms with E-state index in [0.29, 0.717) is 17.3 Å². The minimum Gasteiger partial charge on any atom is -0.502 e. The van der Waals surface area contributed by atoms with E-state index in [4.69, 9.17) is 11.6 Å². The first-order chi connectivity index (χ1) is 15.0. The second kappa shape index (κ2) is 9.43. The number of hydrogen-bond donors (Lipinski definition) is 1. The SMILES string of the molecule is CCCC(CC)(Cc1nc(=O)c(O)c2n1CCN(C(C)C(F)(F)F)C2)c1ccc(Cl)cc1. The Morgan fingerprint density at radius 2 is 1.84 bits per heavy atom. The summed E-state index contributed by atoms with van der Waals surface area (Å²) in [6, 6.07) is 5.94. The number of aromatic nitrogens is 2. The van der Waals surface area contributed by atoms with E-state index in [0.717, 1.165) is 31.7 Å². The summed E-state index contributed by atoms with van der Waals surface area (Å²) in [5.41, 5.74) is 0.156. The lowest BCUT2D eigenvalue weighted by Gasteiger charge is -2.38. The quantitative estimate of drug-likeness (QED) is 0.613. The molecule has 0 aliphatic carbocycles. The average molecular weight is 472 g/mol. The summed E-state index contributed by atoms with van der Waals surface area (Å²) in [6.07, 6.45) is -1.42. The predicted molar refractivity (Wildman–Crippen MR) is 118 cm³/mol. The molecule has 1 aliphatic rings. The molecule has 2 unspecified atom stereocenters. The molecule has 176 valence electrons. The summed E-state index contributed by atoms with van der Waals surface area (Å²) in [7, 11) is 0. The largest absolute Gasteiger partial charge is 0.502 e. The summed E-state index contributed by atoms with van der Waals surface area (Å²) >= 11 is 6.08. The van der Waals surface area contributed by atoms with Crippen LogP contribution >= 0.6 is 11.6 Å². The van der Waals surface area contributed by atoms with Gasteiger partial charge in [-0.2, -0.15) is 18.2 Å². The molecular weight excluding hydrogens is 443 g/mol. The first-order valence-corrected chi connectivity index (χ1v) is 11.3. The number of benzene rings is 1. The molecule has 0 amide bonds. The number of aromatic hydroxyl groups is 1. The molecule has 1 aromatic carbocycles. The van der Waals surface area contributed by atoms with Crippen LogP contribution in [-0.4, -0.2) is 38.3 Å². The molecule has 2 aromatic rings. The third-order valence-electron chi connectivity index (χ3n) is 6.69. The van der Waals surface area contributed by atoms with Gasteiger partial charge in [0.25, 0.3) is 0 Å². The second-order valence-electron chi connectivity index (χ2n) is 8.54. The highest BCUT2D eigenvalue weighted by molar-refractivity contribution is 6.30. The fraction of sp³-hybridized carbons (Fsp3) is 0.565. The summed E-state index contributed by atoms with van der Waals surface area (Å²) < 4.78 is 41.5. The van der Waals surface area contributed by atoms with Gasteiger partial charge < -0.3 is 9.67 Å². The number of rotatable bonds is 7. The number of alkyl halides is 3. The smallest absolute Gasteiger partial charge is 0.403 e. The number of halogens is 4. The maximum Gasteiger partial charge on any atom is 0.403 e. The second-order valence-corrected chi connectivity index (χ2v) is 8.97. The average Bonchev–Trinajstić information content (AvgIpc) is 2.75. The van der Waals surface area contributed by atoms with Crippen LogP contribution in [0.3, 0.4) is 0 Å². The number of fused-ring (bicyclic) bond motifs is 1. The molecule has 2 atom stereocenters. The Bertz CT molecular complexity index is 1010. The lowest BCUT2D eigenvalue weighted by molar-refractivity contribution is -0.182. The molecule has 0 spiro atoms. The Morgan fingerprint density at radius 1 is 1.19 bits per heavy atom. The lowest BCUT2D eigenvalue weighted by atomic mass is 9.72. The Balaban J connectivity index is 2.04. The lowest BCUT2D eigenvalue weighted by Crippen LogP contribution is -2.48. The van der Waals surface area contributed by atoms with Gasteiger partial charge in [-0.15, -0.1) is 0 Å². The monoisotopic (exact) mass is 471 g/mol. The Hall–Kier alpha value is -2.06. The molecule has 0 fully saturated rings. The summed E-state index contributed by atoms with van der Waals surface area (Å²) in [4.78, 5) is 17.9. The standard InChI is InChI=1S/C23H29ClF3N3O2/c1-4-10-22(5-2,16-6-8-17(24)9-7-16)13-19-28-21(32)20(31)18-14-29(11-12-30(18)19)15(3)23(25,26)27/h6-9,15,31H,4-5,10-14H2,1-3H3. The van der Waals surface area contributed by atoms with Gasteiger partial charge in [0.05, 0.1) is 5.69 Å². The first kappa shape index (κ1) is 24.6. The number of nitrogens with zero attached hydrogens (tertiary/aromatic N) is 3. The maximum absolute atomic E-state index is 13.2. The minimum atomic E-state index is -4.39. The van der Waals surface area contributed by atoms with Crippen molar-refractivity contribution >= 4 is 11.6 Å². The highest BCUT2D eigenvalue weighted by atomic mass is 35.5. The van der Waals surface area contributed by atoms with Crippen molar-refractivity contribution in [1.29, 1.82) is 0 Å². The van der Waals surface area contributed by atoms with Crippen LogP contribution in [0, 0.1) is 0 Å². The van der Waals surface area contributed by atoms with Gasteiger partial charge in [-0.3, -0.25) is 9.69 Å². The van der Waals surface area contributed by atoms with E-state index in [9.17, 15) is 23.1 Å². The van der Waals surface area contributed by atoms with E-state index < -0.39 is 23.5 Å². The van der Waals surface area contributed by atoms with Crippen molar-refractivity contribution in [2.45, 2.75) is 77.2 Å². The molecule has 5 nitrogen and oxygen atoms in total. The number of hydrogen-bond acceptors (Lipinski definition) is 4. The Morgan fingerprint density at radius 3 is 2.41 bits per heavy atom. The molecule has 32 heavy (non-hydrogen) atoms. The third-order valence-corrected chi connectivity index (χ3v) is 6.94. The van der Waals surface area contributed by atoms with Gasteiger partial charge in [0.1, 0.15) is 11.9 Å².